The van der Waals surface area contributed by atoms with E-state index in [1.54, 1.807) is 4.68 Å². The number of nitrogens with zero attached hydrogens (tertiary/aromatic N) is 3. The summed E-state index contributed by atoms with van der Waals surface area (Å²) in [5.41, 5.74) is -1.14. The van der Waals surface area contributed by atoms with Gasteiger partial charge in [0.1, 0.15) is 17.8 Å². The molecule has 106 valence electrons. The number of aliphatic hydroxyl groups is 1. The van der Waals surface area contributed by atoms with E-state index in [9.17, 15) is 9.90 Å². The molecule has 1 aliphatic carbocycles. The van der Waals surface area contributed by atoms with Crippen molar-refractivity contribution in [2.75, 3.05) is 0 Å². The lowest BCUT2D eigenvalue weighted by Gasteiger charge is -2.24. The van der Waals surface area contributed by atoms with Gasteiger partial charge in [-0.05, 0) is 19.3 Å². The Hall–Kier alpha value is -1.23. The van der Waals surface area contributed by atoms with Gasteiger partial charge in [-0.2, -0.15) is 5.10 Å². The quantitative estimate of drug-likeness (QED) is 0.825. The summed E-state index contributed by atoms with van der Waals surface area (Å²) in [5.74, 6) is 0.573. The molecule has 1 saturated carbocycles. The van der Waals surface area contributed by atoms with E-state index in [4.69, 9.17) is 0 Å². The first-order valence-electron chi connectivity index (χ1n) is 7.28. The summed E-state index contributed by atoms with van der Waals surface area (Å²) in [4.78, 5) is 16.5. The third kappa shape index (κ3) is 3.41. The van der Waals surface area contributed by atoms with E-state index in [1.807, 2.05) is 0 Å². The number of ketones is 1. The van der Waals surface area contributed by atoms with Gasteiger partial charge in [0.25, 0.3) is 0 Å². The highest BCUT2D eigenvalue weighted by Gasteiger charge is 2.36. The van der Waals surface area contributed by atoms with Crippen molar-refractivity contribution >= 4 is 5.78 Å². The Balaban J connectivity index is 2.04. The van der Waals surface area contributed by atoms with Gasteiger partial charge in [0.05, 0.1) is 6.42 Å². The van der Waals surface area contributed by atoms with Crippen LogP contribution in [0.3, 0.4) is 0 Å². The summed E-state index contributed by atoms with van der Waals surface area (Å²) in [6, 6.07) is 0. The molecule has 1 heterocycles. The van der Waals surface area contributed by atoms with Crippen LogP contribution in [0.15, 0.2) is 6.33 Å². The first-order chi connectivity index (χ1) is 9.15. The maximum atomic E-state index is 12.4. The highest BCUT2D eigenvalue weighted by molar-refractivity contribution is 5.88. The summed E-state index contributed by atoms with van der Waals surface area (Å²) < 4.78 is 1.76. The van der Waals surface area contributed by atoms with Crippen molar-refractivity contribution < 1.29 is 9.90 Å². The van der Waals surface area contributed by atoms with Gasteiger partial charge >= 0.3 is 0 Å². The number of hydrogen-bond acceptors (Lipinski definition) is 4. The molecular weight excluding hydrogens is 242 g/mol. The van der Waals surface area contributed by atoms with Crippen LogP contribution in [0.2, 0.25) is 0 Å². The normalized spacial score (nSPS) is 19.1. The molecule has 0 aliphatic heterocycles. The number of carbonyl (C=O) groups is 1. The van der Waals surface area contributed by atoms with E-state index in [0.717, 1.165) is 38.6 Å². The monoisotopic (exact) mass is 265 g/mol. The minimum atomic E-state index is -1.14. The van der Waals surface area contributed by atoms with E-state index in [2.05, 4.69) is 17.0 Å². The van der Waals surface area contributed by atoms with E-state index in [0.29, 0.717) is 18.7 Å². The summed E-state index contributed by atoms with van der Waals surface area (Å²) in [6.45, 7) is 2.83. The van der Waals surface area contributed by atoms with Crippen LogP contribution in [0.4, 0.5) is 0 Å². The summed E-state index contributed by atoms with van der Waals surface area (Å²) in [6.07, 6.45) is 7.90. The Bertz CT molecular complexity index is 420. The second-order valence-corrected chi connectivity index (χ2v) is 5.45. The molecule has 0 spiro atoms. The van der Waals surface area contributed by atoms with Gasteiger partial charge in [-0.25, -0.2) is 9.67 Å². The van der Waals surface area contributed by atoms with Gasteiger partial charge in [-0.3, -0.25) is 4.79 Å². The Labute approximate surface area is 114 Å². The van der Waals surface area contributed by atoms with Crippen molar-refractivity contribution in [3.8, 4) is 0 Å². The van der Waals surface area contributed by atoms with Crippen molar-refractivity contribution in [3.63, 3.8) is 0 Å². The van der Waals surface area contributed by atoms with E-state index < -0.39 is 5.60 Å². The number of rotatable bonds is 5. The molecule has 1 aromatic heterocycles. The molecule has 2 rings (SSSR count). The Morgan fingerprint density at radius 3 is 2.68 bits per heavy atom. The maximum Gasteiger partial charge on any atom is 0.171 e. The van der Waals surface area contributed by atoms with Crippen LogP contribution in [0.25, 0.3) is 0 Å². The fraction of sp³-hybridized carbons (Fsp3) is 0.786. The smallest absolute Gasteiger partial charge is 0.171 e. The standard InChI is InChI=1S/C14H23N3O2/c1-2-9-17-13(15-11-16-17)10-12(18)14(19)7-5-3-4-6-8-14/h11,19H,2-10H2,1H3. The Morgan fingerprint density at radius 1 is 1.37 bits per heavy atom. The first kappa shape index (κ1) is 14.2. The van der Waals surface area contributed by atoms with Crippen molar-refractivity contribution in [2.24, 2.45) is 0 Å². The molecule has 5 nitrogen and oxygen atoms in total. The minimum absolute atomic E-state index is 0.0975. The first-order valence-corrected chi connectivity index (χ1v) is 7.28. The molecule has 19 heavy (non-hydrogen) atoms. The van der Waals surface area contributed by atoms with Crippen LogP contribution < -0.4 is 0 Å². The third-order valence-corrected chi connectivity index (χ3v) is 3.90. The second kappa shape index (κ2) is 6.28. The molecule has 0 saturated heterocycles. The predicted molar refractivity (Wildman–Crippen MR) is 71.7 cm³/mol. The topological polar surface area (TPSA) is 68.0 Å². The zero-order chi connectivity index (χ0) is 13.7. The molecule has 1 aliphatic rings. The maximum absolute atomic E-state index is 12.4. The summed E-state index contributed by atoms with van der Waals surface area (Å²) in [5, 5.41) is 14.6. The van der Waals surface area contributed by atoms with Gasteiger partial charge < -0.3 is 5.11 Å². The lowest BCUT2D eigenvalue weighted by atomic mass is 9.88. The Morgan fingerprint density at radius 2 is 2.05 bits per heavy atom. The molecule has 0 aromatic carbocycles. The molecular formula is C14H23N3O2. The van der Waals surface area contributed by atoms with Crippen LogP contribution >= 0.6 is 0 Å². The molecule has 1 aromatic rings. The molecule has 0 unspecified atom stereocenters. The number of carbonyl (C=O) groups excluding carboxylic acids is 1. The molecule has 0 radical (unpaired) electrons. The summed E-state index contributed by atoms with van der Waals surface area (Å²) >= 11 is 0. The molecule has 1 fully saturated rings. The van der Waals surface area contributed by atoms with Crippen LogP contribution in [0.5, 0.6) is 0 Å². The number of aromatic nitrogens is 3. The second-order valence-electron chi connectivity index (χ2n) is 5.45. The number of aryl methyl sites for hydroxylation is 1. The highest BCUT2D eigenvalue weighted by Crippen LogP contribution is 2.28. The van der Waals surface area contributed by atoms with Gasteiger partial charge in [0.15, 0.2) is 5.78 Å². The van der Waals surface area contributed by atoms with Crippen molar-refractivity contribution in [1.29, 1.82) is 0 Å². The number of hydrogen-bond donors (Lipinski definition) is 1. The van der Waals surface area contributed by atoms with Gasteiger partial charge in [-0.15, -0.1) is 0 Å². The van der Waals surface area contributed by atoms with Crippen LogP contribution in [0.1, 0.15) is 57.7 Å². The Kier molecular flexibility index (Phi) is 4.69. The SMILES string of the molecule is CCCn1ncnc1CC(=O)C1(O)CCCCCC1. The van der Waals surface area contributed by atoms with E-state index in [-0.39, 0.29) is 12.2 Å². The highest BCUT2D eigenvalue weighted by atomic mass is 16.3. The van der Waals surface area contributed by atoms with Gasteiger partial charge in [0, 0.05) is 6.54 Å². The molecule has 0 atom stereocenters. The average Bonchev–Trinajstić information content (AvgIpc) is 2.69. The number of Topliss-reactive ketones (excluding diaryl/α,β-unsaturated/α-hetero) is 1. The summed E-state index contributed by atoms with van der Waals surface area (Å²) in [7, 11) is 0. The van der Waals surface area contributed by atoms with Crippen molar-refractivity contribution in [1.82, 2.24) is 14.8 Å². The zero-order valence-corrected chi connectivity index (χ0v) is 11.6. The zero-order valence-electron chi connectivity index (χ0n) is 11.6. The molecule has 0 bridgehead atoms. The fourth-order valence-corrected chi connectivity index (χ4v) is 2.72. The van der Waals surface area contributed by atoms with Gasteiger partial charge in [0.2, 0.25) is 0 Å². The van der Waals surface area contributed by atoms with E-state index in [1.165, 1.54) is 6.33 Å². The average molecular weight is 265 g/mol. The predicted octanol–water partition coefficient (Wildman–Crippen LogP) is 1.88. The minimum Gasteiger partial charge on any atom is -0.382 e. The largest absolute Gasteiger partial charge is 0.382 e. The fourth-order valence-electron chi connectivity index (χ4n) is 2.72. The van der Waals surface area contributed by atoms with Crippen molar-refractivity contribution in [3.05, 3.63) is 12.2 Å². The molecule has 1 N–H and O–H groups in total. The molecule has 0 amide bonds. The lowest BCUT2D eigenvalue weighted by Crippen LogP contribution is -2.39. The molecule has 5 heteroatoms. The van der Waals surface area contributed by atoms with Crippen LogP contribution in [-0.4, -0.2) is 31.3 Å². The van der Waals surface area contributed by atoms with Gasteiger partial charge in [-0.1, -0.05) is 32.6 Å². The van der Waals surface area contributed by atoms with Crippen molar-refractivity contribution in [2.45, 2.75) is 70.4 Å². The third-order valence-electron chi connectivity index (χ3n) is 3.90. The lowest BCUT2D eigenvalue weighted by molar-refractivity contribution is -0.138. The van der Waals surface area contributed by atoms with E-state index >= 15 is 0 Å². The van der Waals surface area contributed by atoms with Crippen LogP contribution in [-0.2, 0) is 17.8 Å². The van der Waals surface area contributed by atoms with Crippen LogP contribution in [0, 0.1) is 0 Å².